The minimum Gasteiger partial charge on any atom is -0.182 e. The molecule has 1 heterocycles. The number of rotatable bonds is 3. The number of allylic oxidation sites excluding steroid dienone is 3. The molecule has 0 fully saturated rings. The van der Waals surface area contributed by atoms with Crippen LogP contribution in [0.1, 0.15) is 33.3 Å². The molecule has 1 unspecified atom stereocenters. The SMILES string of the molecule is CC1=S(O[Cl+3]([O-])([O-])[O-])C(c2ccccc2)=CC(C(C)(C)C)=C1. The van der Waals surface area contributed by atoms with E-state index in [-0.39, 0.29) is 5.41 Å². The Balaban J connectivity index is 2.58. The van der Waals surface area contributed by atoms with E-state index in [0.29, 0.717) is 4.91 Å². The molecule has 4 nitrogen and oxygen atoms in total. The first-order valence-corrected chi connectivity index (χ1v) is 9.14. The van der Waals surface area contributed by atoms with Crippen LogP contribution in [0.25, 0.3) is 4.91 Å². The van der Waals surface area contributed by atoms with Crippen molar-refractivity contribution in [3.05, 3.63) is 53.6 Å². The normalized spacial score (nSPS) is 19.8. The summed E-state index contributed by atoms with van der Waals surface area (Å²) in [5.74, 6) is 0. The highest BCUT2D eigenvalue weighted by molar-refractivity contribution is 8.20. The second kappa shape index (κ2) is 6.28. The van der Waals surface area contributed by atoms with E-state index in [2.05, 4.69) is 20.8 Å². The smallest absolute Gasteiger partial charge is 0.143 e. The van der Waals surface area contributed by atoms with Crippen LogP contribution in [0.3, 0.4) is 0 Å². The fourth-order valence-electron chi connectivity index (χ4n) is 2.07. The van der Waals surface area contributed by atoms with Gasteiger partial charge < -0.3 is 0 Å². The van der Waals surface area contributed by atoms with Gasteiger partial charge in [0, 0.05) is 4.86 Å². The van der Waals surface area contributed by atoms with Crippen molar-refractivity contribution in [1.29, 1.82) is 0 Å². The molecular formula is C16H19ClO4S. The molecule has 0 aliphatic carbocycles. The van der Waals surface area contributed by atoms with Crippen LogP contribution in [0.5, 0.6) is 0 Å². The lowest BCUT2D eigenvalue weighted by Crippen LogP contribution is -2.60. The Morgan fingerprint density at radius 2 is 1.59 bits per heavy atom. The summed E-state index contributed by atoms with van der Waals surface area (Å²) in [6.45, 7) is 8.03. The highest BCUT2D eigenvalue weighted by atomic mass is 35.7. The van der Waals surface area contributed by atoms with Gasteiger partial charge in [0.05, 0.1) is 15.1 Å². The van der Waals surface area contributed by atoms with Crippen molar-refractivity contribution in [2.45, 2.75) is 27.7 Å². The van der Waals surface area contributed by atoms with Crippen molar-refractivity contribution in [2.24, 2.45) is 5.41 Å². The Morgan fingerprint density at radius 3 is 2.09 bits per heavy atom. The summed E-state index contributed by atoms with van der Waals surface area (Å²) < 4.78 is 37.9. The average Bonchev–Trinajstić information content (AvgIpc) is 2.39. The number of hydrogen-bond donors (Lipinski definition) is 0. The molecule has 0 aromatic heterocycles. The molecule has 0 amide bonds. The van der Waals surface area contributed by atoms with Gasteiger partial charge in [0.2, 0.25) is 0 Å². The average molecular weight is 343 g/mol. The van der Waals surface area contributed by atoms with Crippen LogP contribution in [0.2, 0.25) is 0 Å². The van der Waals surface area contributed by atoms with Crippen molar-refractivity contribution < 1.29 is 28.0 Å². The second-order valence-corrected chi connectivity index (χ2v) is 8.93. The Hall–Kier alpha value is -0.950. The quantitative estimate of drug-likeness (QED) is 0.776. The summed E-state index contributed by atoms with van der Waals surface area (Å²) in [7, 11) is -5.70. The van der Waals surface area contributed by atoms with Gasteiger partial charge in [-0.25, -0.2) is 0 Å². The predicted octanol–water partition coefficient (Wildman–Crippen LogP) is 1.30. The Kier molecular flexibility index (Phi) is 4.96. The van der Waals surface area contributed by atoms with Gasteiger partial charge in [0.25, 0.3) is 0 Å². The van der Waals surface area contributed by atoms with Crippen molar-refractivity contribution >= 4 is 20.5 Å². The molecular weight excluding hydrogens is 324 g/mol. The van der Waals surface area contributed by atoms with Gasteiger partial charge in [0.15, 0.2) is 0 Å². The van der Waals surface area contributed by atoms with E-state index in [1.54, 1.807) is 6.92 Å². The fourth-order valence-corrected chi connectivity index (χ4v) is 4.52. The Labute approximate surface area is 135 Å². The summed E-state index contributed by atoms with van der Waals surface area (Å²) in [5.41, 5.74) is 1.82. The maximum Gasteiger partial charge on any atom is 0.143 e. The molecule has 1 aromatic rings. The van der Waals surface area contributed by atoms with E-state index in [4.69, 9.17) is 3.74 Å². The molecule has 0 bridgehead atoms. The van der Waals surface area contributed by atoms with E-state index >= 15 is 0 Å². The van der Waals surface area contributed by atoms with Crippen molar-refractivity contribution in [1.82, 2.24) is 0 Å². The summed E-state index contributed by atoms with van der Waals surface area (Å²) in [5, 5.41) is 0. The molecule has 120 valence electrons. The summed E-state index contributed by atoms with van der Waals surface area (Å²) in [4.78, 5) is 1.43. The molecule has 6 heteroatoms. The lowest BCUT2D eigenvalue weighted by molar-refractivity contribution is -1.91. The topological polar surface area (TPSA) is 78.4 Å². The van der Waals surface area contributed by atoms with Crippen LogP contribution in [0.4, 0.5) is 0 Å². The largest absolute Gasteiger partial charge is 0.182 e. The molecule has 0 spiro atoms. The second-order valence-electron chi connectivity index (χ2n) is 6.04. The van der Waals surface area contributed by atoms with E-state index < -0.39 is 21.0 Å². The van der Waals surface area contributed by atoms with Crippen LogP contribution >= 0.6 is 10.8 Å². The van der Waals surface area contributed by atoms with E-state index in [0.717, 1.165) is 16.0 Å². The van der Waals surface area contributed by atoms with Gasteiger partial charge in [0.1, 0.15) is 14.5 Å². The minimum atomic E-state index is -4.49. The van der Waals surface area contributed by atoms with Crippen LogP contribution in [-0.2, 0) is 3.74 Å². The number of halogens is 1. The predicted molar refractivity (Wildman–Crippen MR) is 81.3 cm³/mol. The highest BCUT2D eigenvalue weighted by Crippen LogP contribution is 2.44. The van der Waals surface area contributed by atoms with Crippen LogP contribution in [0, 0.1) is 15.7 Å². The van der Waals surface area contributed by atoms with Gasteiger partial charge in [-0.1, -0.05) is 51.1 Å². The minimum absolute atomic E-state index is 0.0925. The van der Waals surface area contributed by atoms with E-state index in [9.17, 15) is 14.0 Å². The zero-order chi connectivity index (χ0) is 16.5. The Bertz CT molecular complexity index is 649. The van der Waals surface area contributed by atoms with Gasteiger partial charge in [-0.15, -0.1) is 0 Å². The summed E-state index contributed by atoms with van der Waals surface area (Å²) in [6.07, 6.45) is 3.82. The molecule has 2 rings (SSSR count). The van der Waals surface area contributed by atoms with Crippen LogP contribution < -0.4 is 14.0 Å². The molecule has 1 aromatic carbocycles. The summed E-state index contributed by atoms with van der Waals surface area (Å²) >= 11 is 0. The molecule has 0 radical (unpaired) electrons. The first kappa shape index (κ1) is 17.4. The molecule has 22 heavy (non-hydrogen) atoms. The first-order chi connectivity index (χ1) is 10.1. The van der Waals surface area contributed by atoms with Crippen molar-refractivity contribution in [3.63, 3.8) is 0 Å². The fraction of sp³-hybridized carbons (Fsp3) is 0.312. The van der Waals surface area contributed by atoms with E-state index in [1.807, 2.05) is 42.5 Å². The zero-order valence-electron chi connectivity index (χ0n) is 13.0. The molecule has 0 saturated carbocycles. The van der Waals surface area contributed by atoms with Gasteiger partial charge in [-0.3, -0.25) is 0 Å². The van der Waals surface area contributed by atoms with Crippen molar-refractivity contribution in [3.8, 4) is 0 Å². The summed E-state index contributed by atoms with van der Waals surface area (Å²) in [6, 6.07) is 9.37. The lowest BCUT2D eigenvalue weighted by atomic mass is 9.85. The standard InChI is InChI=1S/C16H19ClO4S/c1-12-10-14(16(2,3)4)11-15(13-8-6-5-7-9-13)22(12)21-17(18,19)20/h5-11H,1-4H3. The Morgan fingerprint density at radius 1 is 1.00 bits per heavy atom. The van der Waals surface area contributed by atoms with Crippen molar-refractivity contribution in [2.75, 3.05) is 0 Å². The van der Waals surface area contributed by atoms with Gasteiger partial charge in [-0.2, -0.15) is 14.0 Å². The van der Waals surface area contributed by atoms with Crippen LogP contribution in [0.15, 0.2) is 48.1 Å². The maximum absolute atomic E-state index is 11.0. The van der Waals surface area contributed by atoms with E-state index in [1.165, 1.54) is 0 Å². The highest BCUT2D eigenvalue weighted by Gasteiger charge is 2.31. The monoisotopic (exact) mass is 342 g/mol. The third kappa shape index (κ3) is 4.29. The first-order valence-electron chi connectivity index (χ1n) is 6.76. The molecule has 0 saturated heterocycles. The maximum atomic E-state index is 11.0. The molecule has 1 atom stereocenters. The lowest BCUT2D eigenvalue weighted by Gasteiger charge is -2.26. The molecule has 1 aliphatic heterocycles. The molecule has 1 aliphatic rings. The van der Waals surface area contributed by atoms with Gasteiger partial charge >= 0.3 is 0 Å². The van der Waals surface area contributed by atoms with Crippen LogP contribution in [-0.4, -0.2) is 4.86 Å². The number of hydrogen-bond acceptors (Lipinski definition) is 4. The molecule has 0 N–H and O–H groups in total. The number of benzene rings is 1. The van der Waals surface area contributed by atoms with Gasteiger partial charge in [-0.05, 0) is 35.6 Å². The third-order valence-electron chi connectivity index (χ3n) is 3.20. The zero-order valence-corrected chi connectivity index (χ0v) is 14.5. The third-order valence-corrected chi connectivity index (χ3v) is 5.78.